The second-order valence-electron chi connectivity index (χ2n) is 5.87. The van der Waals surface area contributed by atoms with Crippen LogP contribution in [-0.2, 0) is 6.54 Å². The molecule has 7 heteroatoms. The van der Waals surface area contributed by atoms with E-state index in [4.69, 9.17) is 11.6 Å². The molecule has 6 nitrogen and oxygen atoms in total. The molecule has 1 aromatic carbocycles. The van der Waals surface area contributed by atoms with Crippen molar-refractivity contribution < 1.29 is 4.79 Å². The van der Waals surface area contributed by atoms with Gasteiger partial charge in [-0.1, -0.05) is 23.7 Å². The zero-order chi connectivity index (χ0) is 16.9. The molecule has 0 bridgehead atoms. The summed E-state index contributed by atoms with van der Waals surface area (Å²) in [7, 11) is 2.10. The first kappa shape index (κ1) is 16.7. The van der Waals surface area contributed by atoms with Gasteiger partial charge in [-0.05, 0) is 24.7 Å². The number of anilines is 1. The maximum absolute atomic E-state index is 12.2. The van der Waals surface area contributed by atoms with Crippen molar-refractivity contribution in [3.05, 3.63) is 52.8 Å². The highest BCUT2D eigenvalue weighted by Crippen LogP contribution is 2.11. The summed E-state index contributed by atoms with van der Waals surface area (Å²) in [5.41, 5.74) is 1.45. The van der Waals surface area contributed by atoms with E-state index in [1.165, 1.54) is 0 Å². The minimum atomic E-state index is -0.185. The van der Waals surface area contributed by atoms with E-state index in [0.717, 1.165) is 31.7 Å². The van der Waals surface area contributed by atoms with Crippen LogP contribution in [0.1, 0.15) is 15.9 Å². The van der Waals surface area contributed by atoms with Crippen LogP contribution in [0.4, 0.5) is 5.95 Å². The summed E-state index contributed by atoms with van der Waals surface area (Å²) in [5, 5.41) is 3.54. The third-order valence-corrected chi connectivity index (χ3v) is 4.30. The molecular weight excluding hydrogens is 326 g/mol. The number of halogens is 1. The molecule has 1 aliphatic heterocycles. The van der Waals surface area contributed by atoms with Gasteiger partial charge < -0.3 is 15.1 Å². The number of carbonyl (C=O) groups excluding carboxylic acids is 1. The van der Waals surface area contributed by atoms with Crippen LogP contribution in [0.5, 0.6) is 0 Å². The van der Waals surface area contributed by atoms with Gasteiger partial charge in [-0.25, -0.2) is 9.97 Å². The molecule has 126 valence electrons. The second-order valence-corrected chi connectivity index (χ2v) is 6.31. The fourth-order valence-corrected chi connectivity index (χ4v) is 2.62. The average Bonchev–Trinajstić information content (AvgIpc) is 2.62. The SMILES string of the molecule is CN1CCN(c2ncc(C(=O)NCc3ccc(Cl)cc3)cn2)CC1. The van der Waals surface area contributed by atoms with Crippen LogP contribution in [0.3, 0.4) is 0 Å². The number of carbonyl (C=O) groups is 1. The molecule has 2 aromatic rings. The smallest absolute Gasteiger partial charge is 0.254 e. The van der Waals surface area contributed by atoms with Crippen LogP contribution >= 0.6 is 11.6 Å². The van der Waals surface area contributed by atoms with Crippen LogP contribution in [0.25, 0.3) is 0 Å². The molecular formula is C17H20ClN5O. The van der Waals surface area contributed by atoms with Gasteiger partial charge in [-0.3, -0.25) is 4.79 Å². The predicted octanol–water partition coefficient (Wildman–Crippen LogP) is 1.81. The van der Waals surface area contributed by atoms with E-state index in [-0.39, 0.29) is 5.91 Å². The summed E-state index contributed by atoms with van der Waals surface area (Å²) in [4.78, 5) is 25.3. The van der Waals surface area contributed by atoms with E-state index in [1.807, 2.05) is 12.1 Å². The van der Waals surface area contributed by atoms with E-state index >= 15 is 0 Å². The standard InChI is InChI=1S/C17H20ClN5O/c1-22-6-8-23(9-7-22)17-20-11-14(12-21-17)16(24)19-10-13-2-4-15(18)5-3-13/h2-5,11-12H,6-10H2,1H3,(H,19,24). The minimum Gasteiger partial charge on any atom is -0.348 e. The number of nitrogens with one attached hydrogen (secondary N) is 1. The zero-order valence-electron chi connectivity index (χ0n) is 13.6. The lowest BCUT2D eigenvalue weighted by Gasteiger charge is -2.32. The zero-order valence-corrected chi connectivity index (χ0v) is 14.3. The van der Waals surface area contributed by atoms with Gasteiger partial charge in [0.05, 0.1) is 5.56 Å². The monoisotopic (exact) mass is 345 g/mol. The summed E-state index contributed by atoms with van der Waals surface area (Å²) < 4.78 is 0. The Morgan fingerprint density at radius 3 is 2.38 bits per heavy atom. The molecule has 1 N–H and O–H groups in total. The molecule has 0 spiro atoms. The van der Waals surface area contributed by atoms with Gasteiger partial charge in [0.2, 0.25) is 5.95 Å². The quantitative estimate of drug-likeness (QED) is 0.915. The number of nitrogens with zero attached hydrogens (tertiary/aromatic N) is 4. The van der Waals surface area contributed by atoms with E-state index in [0.29, 0.717) is 23.1 Å². The molecule has 0 saturated carbocycles. The Labute approximate surface area is 146 Å². The molecule has 2 heterocycles. The Balaban J connectivity index is 1.56. The first-order valence-corrected chi connectivity index (χ1v) is 8.28. The molecule has 1 saturated heterocycles. The molecule has 0 atom stereocenters. The molecule has 0 aliphatic carbocycles. The van der Waals surface area contributed by atoms with Gasteiger partial charge in [0.1, 0.15) is 0 Å². The fraction of sp³-hybridized carbons (Fsp3) is 0.353. The van der Waals surface area contributed by atoms with Crippen molar-refractivity contribution in [2.45, 2.75) is 6.54 Å². The Morgan fingerprint density at radius 2 is 1.75 bits per heavy atom. The van der Waals surface area contributed by atoms with Crippen LogP contribution < -0.4 is 10.2 Å². The maximum Gasteiger partial charge on any atom is 0.254 e. The predicted molar refractivity (Wildman–Crippen MR) is 94.4 cm³/mol. The van der Waals surface area contributed by atoms with Crippen molar-refractivity contribution >= 4 is 23.5 Å². The van der Waals surface area contributed by atoms with E-state index in [9.17, 15) is 4.79 Å². The van der Waals surface area contributed by atoms with Gasteiger partial charge in [0.25, 0.3) is 5.91 Å². The van der Waals surface area contributed by atoms with Gasteiger partial charge >= 0.3 is 0 Å². The number of amides is 1. The Hall–Kier alpha value is -2.18. The number of benzene rings is 1. The van der Waals surface area contributed by atoms with Crippen LogP contribution in [0, 0.1) is 0 Å². The highest BCUT2D eigenvalue weighted by molar-refractivity contribution is 6.30. The largest absolute Gasteiger partial charge is 0.348 e. The molecule has 24 heavy (non-hydrogen) atoms. The number of hydrogen-bond donors (Lipinski definition) is 1. The van der Waals surface area contributed by atoms with Gasteiger partial charge in [0, 0.05) is 50.1 Å². The lowest BCUT2D eigenvalue weighted by molar-refractivity contribution is 0.0950. The molecule has 0 radical (unpaired) electrons. The van der Waals surface area contributed by atoms with Crippen molar-refractivity contribution in [1.29, 1.82) is 0 Å². The molecule has 1 aliphatic rings. The summed E-state index contributed by atoms with van der Waals surface area (Å²) in [6.45, 7) is 4.23. The topological polar surface area (TPSA) is 61.4 Å². The Bertz CT molecular complexity index is 681. The number of hydrogen-bond acceptors (Lipinski definition) is 5. The summed E-state index contributed by atoms with van der Waals surface area (Å²) in [5.74, 6) is 0.493. The lowest BCUT2D eigenvalue weighted by Crippen LogP contribution is -2.45. The summed E-state index contributed by atoms with van der Waals surface area (Å²) in [6, 6.07) is 7.37. The maximum atomic E-state index is 12.2. The van der Waals surface area contributed by atoms with E-state index in [1.54, 1.807) is 24.5 Å². The highest BCUT2D eigenvalue weighted by Gasteiger charge is 2.16. The van der Waals surface area contributed by atoms with Crippen molar-refractivity contribution in [2.24, 2.45) is 0 Å². The van der Waals surface area contributed by atoms with Crippen molar-refractivity contribution in [3.8, 4) is 0 Å². The molecule has 3 rings (SSSR count). The highest BCUT2D eigenvalue weighted by atomic mass is 35.5. The van der Waals surface area contributed by atoms with E-state index in [2.05, 4.69) is 32.1 Å². The lowest BCUT2D eigenvalue weighted by atomic mass is 10.2. The van der Waals surface area contributed by atoms with Crippen LogP contribution in [0.2, 0.25) is 5.02 Å². The fourth-order valence-electron chi connectivity index (χ4n) is 2.49. The van der Waals surface area contributed by atoms with Gasteiger partial charge in [0.15, 0.2) is 0 Å². The Kier molecular flexibility index (Phi) is 5.27. The second kappa shape index (κ2) is 7.59. The number of rotatable bonds is 4. The van der Waals surface area contributed by atoms with Crippen molar-refractivity contribution in [3.63, 3.8) is 0 Å². The molecule has 1 amide bonds. The van der Waals surface area contributed by atoms with Gasteiger partial charge in [-0.15, -0.1) is 0 Å². The third kappa shape index (κ3) is 4.21. The first-order valence-electron chi connectivity index (χ1n) is 7.90. The Morgan fingerprint density at radius 1 is 1.12 bits per heavy atom. The molecule has 1 aromatic heterocycles. The summed E-state index contributed by atoms with van der Waals surface area (Å²) >= 11 is 5.85. The van der Waals surface area contributed by atoms with Gasteiger partial charge in [-0.2, -0.15) is 0 Å². The van der Waals surface area contributed by atoms with E-state index < -0.39 is 0 Å². The summed E-state index contributed by atoms with van der Waals surface area (Å²) in [6.07, 6.45) is 3.16. The van der Waals surface area contributed by atoms with Crippen LogP contribution in [0.15, 0.2) is 36.7 Å². The average molecular weight is 346 g/mol. The molecule has 1 fully saturated rings. The number of aromatic nitrogens is 2. The number of likely N-dealkylation sites (N-methyl/N-ethyl adjacent to an activating group) is 1. The first-order chi connectivity index (χ1) is 11.6. The molecule has 0 unspecified atom stereocenters. The van der Waals surface area contributed by atoms with Crippen LogP contribution in [-0.4, -0.2) is 54.0 Å². The van der Waals surface area contributed by atoms with Crippen molar-refractivity contribution in [2.75, 3.05) is 38.1 Å². The van der Waals surface area contributed by atoms with Crippen molar-refractivity contribution in [1.82, 2.24) is 20.2 Å². The minimum absolute atomic E-state index is 0.185. The third-order valence-electron chi connectivity index (χ3n) is 4.05. The number of piperazine rings is 1. The normalized spacial score (nSPS) is 15.3.